The standard InChI is InChI=1S/C27H34N2O5/c1-17(2)34-27(30)24-14-21-13-20(23-8-7-22(31-5)15-25(23)32-6)16-29(21)26(18(24)3)19(4)28-9-11-33-12-10-28/h7-8,13-17,19H,9-12H2,1-6H3. The number of aromatic nitrogens is 1. The largest absolute Gasteiger partial charge is 0.497 e. The third-order valence-corrected chi connectivity index (χ3v) is 6.46. The van der Waals surface area contributed by atoms with E-state index in [1.165, 1.54) is 0 Å². The van der Waals surface area contributed by atoms with Gasteiger partial charge in [0.25, 0.3) is 0 Å². The van der Waals surface area contributed by atoms with Crippen LogP contribution in [0.1, 0.15) is 48.4 Å². The highest BCUT2D eigenvalue weighted by Crippen LogP contribution is 2.37. The molecule has 3 heterocycles. The number of benzene rings is 1. The highest BCUT2D eigenvalue weighted by Gasteiger charge is 2.26. The molecule has 0 aliphatic carbocycles. The first-order valence-electron chi connectivity index (χ1n) is 11.7. The van der Waals surface area contributed by atoms with Crippen molar-refractivity contribution in [2.45, 2.75) is 39.8 Å². The maximum atomic E-state index is 13.0. The summed E-state index contributed by atoms with van der Waals surface area (Å²) < 4.78 is 24.4. The Morgan fingerprint density at radius 1 is 1.03 bits per heavy atom. The van der Waals surface area contributed by atoms with Gasteiger partial charge < -0.3 is 23.3 Å². The van der Waals surface area contributed by atoms with Crippen molar-refractivity contribution in [1.82, 2.24) is 9.30 Å². The molecule has 1 unspecified atom stereocenters. The molecule has 0 radical (unpaired) electrons. The number of pyridine rings is 1. The number of ether oxygens (including phenoxy) is 4. The molecule has 0 bridgehead atoms. The Labute approximate surface area is 201 Å². The van der Waals surface area contributed by atoms with Gasteiger partial charge in [0.1, 0.15) is 11.5 Å². The van der Waals surface area contributed by atoms with Crippen molar-refractivity contribution >= 4 is 11.5 Å². The molecule has 7 nitrogen and oxygen atoms in total. The van der Waals surface area contributed by atoms with Gasteiger partial charge in [0.2, 0.25) is 0 Å². The molecular weight excluding hydrogens is 432 g/mol. The van der Waals surface area contributed by atoms with Gasteiger partial charge >= 0.3 is 5.97 Å². The van der Waals surface area contributed by atoms with Crippen LogP contribution in [0.4, 0.5) is 0 Å². The molecule has 1 aliphatic heterocycles. The van der Waals surface area contributed by atoms with E-state index in [1.54, 1.807) is 14.2 Å². The van der Waals surface area contributed by atoms with Gasteiger partial charge in [-0.05, 0) is 57.5 Å². The lowest BCUT2D eigenvalue weighted by Gasteiger charge is -2.34. The number of hydrogen-bond acceptors (Lipinski definition) is 6. The van der Waals surface area contributed by atoms with Gasteiger partial charge in [0.15, 0.2) is 0 Å². The van der Waals surface area contributed by atoms with Crippen LogP contribution in [0.15, 0.2) is 36.5 Å². The van der Waals surface area contributed by atoms with E-state index in [9.17, 15) is 4.79 Å². The van der Waals surface area contributed by atoms with E-state index < -0.39 is 0 Å². The summed E-state index contributed by atoms with van der Waals surface area (Å²) >= 11 is 0. The third-order valence-electron chi connectivity index (χ3n) is 6.46. The summed E-state index contributed by atoms with van der Waals surface area (Å²) in [5.74, 6) is 1.17. The van der Waals surface area contributed by atoms with Crippen molar-refractivity contribution in [3.8, 4) is 22.6 Å². The van der Waals surface area contributed by atoms with E-state index in [2.05, 4.69) is 28.5 Å². The Balaban J connectivity index is 1.89. The smallest absolute Gasteiger partial charge is 0.338 e. The van der Waals surface area contributed by atoms with E-state index in [4.69, 9.17) is 18.9 Å². The average molecular weight is 467 g/mol. The van der Waals surface area contributed by atoms with E-state index in [0.29, 0.717) is 18.8 Å². The number of nitrogens with zero attached hydrogens (tertiary/aromatic N) is 2. The minimum absolute atomic E-state index is 0.0937. The van der Waals surface area contributed by atoms with Gasteiger partial charge in [-0.2, -0.15) is 0 Å². The molecule has 2 aromatic heterocycles. The van der Waals surface area contributed by atoms with Crippen LogP contribution in [-0.4, -0.2) is 61.9 Å². The van der Waals surface area contributed by atoms with Crippen molar-refractivity contribution < 1.29 is 23.7 Å². The van der Waals surface area contributed by atoms with Crippen LogP contribution in [0.25, 0.3) is 16.6 Å². The maximum Gasteiger partial charge on any atom is 0.338 e. The van der Waals surface area contributed by atoms with Crippen LogP contribution in [0.5, 0.6) is 11.5 Å². The quantitative estimate of drug-likeness (QED) is 0.462. The molecule has 0 N–H and O–H groups in total. The molecule has 0 amide bonds. The van der Waals surface area contributed by atoms with Crippen molar-refractivity contribution in [3.05, 3.63) is 53.3 Å². The molecule has 1 fully saturated rings. The maximum absolute atomic E-state index is 13.0. The summed E-state index contributed by atoms with van der Waals surface area (Å²) in [6, 6.07) is 9.91. The molecular formula is C27H34N2O5. The fourth-order valence-corrected chi connectivity index (χ4v) is 4.70. The highest BCUT2D eigenvalue weighted by molar-refractivity contribution is 5.93. The summed E-state index contributed by atoms with van der Waals surface area (Å²) in [6.45, 7) is 11.1. The normalized spacial score (nSPS) is 15.5. The van der Waals surface area contributed by atoms with E-state index >= 15 is 0 Å². The Morgan fingerprint density at radius 3 is 2.41 bits per heavy atom. The van der Waals surface area contributed by atoms with Crippen molar-refractivity contribution in [2.24, 2.45) is 0 Å². The number of carbonyl (C=O) groups is 1. The van der Waals surface area contributed by atoms with Gasteiger partial charge in [-0.3, -0.25) is 4.90 Å². The second-order valence-electron chi connectivity index (χ2n) is 8.94. The Kier molecular flexibility index (Phi) is 7.14. The van der Waals surface area contributed by atoms with Gasteiger partial charge in [-0.15, -0.1) is 0 Å². The predicted octanol–water partition coefficient (Wildman–Crippen LogP) is 4.89. The molecule has 1 aliphatic rings. The van der Waals surface area contributed by atoms with Gasteiger partial charge in [0, 0.05) is 53.7 Å². The van der Waals surface area contributed by atoms with Crippen LogP contribution < -0.4 is 9.47 Å². The fraction of sp³-hybridized carbons (Fsp3) is 0.444. The summed E-state index contributed by atoms with van der Waals surface area (Å²) in [4.78, 5) is 15.4. The van der Waals surface area contributed by atoms with Gasteiger partial charge in [-0.25, -0.2) is 4.79 Å². The van der Waals surface area contributed by atoms with Crippen LogP contribution in [0, 0.1) is 6.92 Å². The second kappa shape index (κ2) is 10.1. The first-order valence-corrected chi connectivity index (χ1v) is 11.7. The number of rotatable bonds is 7. The number of hydrogen-bond donors (Lipinski definition) is 0. The van der Waals surface area contributed by atoms with Crippen molar-refractivity contribution in [3.63, 3.8) is 0 Å². The first-order chi connectivity index (χ1) is 16.3. The van der Waals surface area contributed by atoms with Gasteiger partial charge in [-0.1, -0.05) is 0 Å². The van der Waals surface area contributed by atoms with Crippen molar-refractivity contribution in [1.29, 1.82) is 0 Å². The molecule has 3 aromatic rings. The molecule has 1 atom stereocenters. The monoisotopic (exact) mass is 466 g/mol. The Bertz CT molecular complexity index is 1180. The summed E-state index contributed by atoms with van der Waals surface area (Å²) in [5.41, 5.74) is 5.51. The number of carbonyl (C=O) groups excluding carboxylic acids is 1. The zero-order valence-corrected chi connectivity index (χ0v) is 20.9. The van der Waals surface area contributed by atoms with E-state index in [-0.39, 0.29) is 18.1 Å². The average Bonchev–Trinajstić information content (AvgIpc) is 3.26. The molecule has 1 saturated heterocycles. The molecule has 0 saturated carbocycles. The summed E-state index contributed by atoms with van der Waals surface area (Å²) in [5, 5.41) is 0. The van der Waals surface area contributed by atoms with Gasteiger partial charge in [0.05, 0.1) is 39.1 Å². The molecule has 182 valence electrons. The highest BCUT2D eigenvalue weighted by atomic mass is 16.5. The molecule has 34 heavy (non-hydrogen) atoms. The first kappa shape index (κ1) is 24.1. The van der Waals surface area contributed by atoms with Crippen LogP contribution in [-0.2, 0) is 9.47 Å². The number of fused-ring (bicyclic) bond motifs is 1. The predicted molar refractivity (Wildman–Crippen MR) is 132 cm³/mol. The van der Waals surface area contributed by atoms with Crippen molar-refractivity contribution in [2.75, 3.05) is 40.5 Å². The number of methoxy groups -OCH3 is 2. The lowest BCUT2D eigenvalue weighted by Crippen LogP contribution is -2.39. The fourth-order valence-electron chi connectivity index (χ4n) is 4.70. The second-order valence-corrected chi connectivity index (χ2v) is 8.94. The summed E-state index contributed by atoms with van der Waals surface area (Å²) in [6.07, 6.45) is 1.94. The molecule has 4 rings (SSSR count). The van der Waals surface area contributed by atoms with E-state index in [1.807, 2.05) is 45.0 Å². The van der Waals surface area contributed by atoms with Crippen LogP contribution in [0.2, 0.25) is 0 Å². The minimum Gasteiger partial charge on any atom is -0.497 e. The Morgan fingerprint density at radius 2 is 1.76 bits per heavy atom. The van der Waals surface area contributed by atoms with Crippen LogP contribution >= 0.6 is 0 Å². The van der Waals surface area contributed by atoms with Crippen LogP contribution in [0.3, 0.4) is 0 Å². The van der Waals surface area contributed by atoms with E-state index in [0.717, 1.165) is 52.5 Å². The minimum atomic E-state index is -0.296. The topological polar surface area (TPSA) is 61.6 Å². The molecule has 7 heteroatoms. The third kappa shape index (κ3) is 4.63. The summed E-state index contributed by atoms with van der Waals surface area (Å²) in [7, 11) is 3.30. The zero-order chi connectivity index (χ0) is 24.4. The zero-order valence-electron chi connectivity index (χ0n) is 20.9. The number of esters is 1. The Hall–Kier alpha value is -3.03. The lowest BCUT2D eigenvalue weighted by molar-refractivity contribution is 0.0186. The lowest BCUT2D eigenvalue weighted by atomic mass is 10.0. The SMILES string of the molecule is COc1ccc(-c2cc3cc(C(=O)OC(C)C)c(C)c(C(C)N4CCOCC4)n3c2)c(OC)c1. The number of morpholine rings is 1. The molecule has 1 aromatic carbocycles. The molecule has 0 spiro atoms.